The lowest BCUT2D eigenvalue weighted by molar-refractivity contribution is -0.438. The summed E-state index contributed by atoms with van der Waals surface area (Å²) in [7, 11) is -15.0. The summed E-state index contributed by atoms with van der Waals surface area (Å²) >= 11 is 0. The molecular formula is C42H44N2O11S3-2. The van der Waals surface area contributed by atoms with Crippen LogP contribution in [0.15, 0.2) is 99.3 Å². The number of rotatable bonds is 13. The maximum Gasteiger partial charge on any atom is 0.303 e. The molecule has 0 amide bonds. The van der Waals surface area contributed by atoms with Gasteiger partial charge in [-0.05, 0) is 110 Å². The van der Waals surface area contributed by atoms with Gasteiger partial charge in [-0.2, -0.15) is 4.58 Å². The Morgan fingerprint density at radius 3 is 1.97 bits per heavy atom. The van der Waals surface area contributed by atoms with Crippen LogP contribution in [0.5, 0.6) is 0 Å². The van der Waals surface area contributed by atoms with Gasteiger partial charge in [-0.1, -0.05) is 38.1 Å². The van der Waals surface area contributed by atoms with Crippen LogP contribution in [0.2, 0.25) is 0 Å². The minimum Gasteiger partial charge on any atom is -0.744 e. The largest absolute Gasteiger partial charge is 0.744 e. The van der Waals surface area contributed by atoms with E-state index in [1.165, 1.54) is 18.2 Å². The van der Waals surface area contributed by atoms with E-state index in [1.807, 2.05) is 81.7 Å². The van der Waals surface area contributed by atoms with Crippen LogP contribution in [-0.4, -0.2) is 73.4 Å². The summed E-state index contributed by atoms with van der Waals surface area (Å²) in [5.41, 5.74) is 3.84. The van der Waals surface area contributed by atoms with Gasteiger partial charge >= 0.3 is 5.97 Å². The summed E-state index contributed by atoms with van der Waals surface area (Å²) < 4.78 is 112. The normalized spacial score (nSPS) is 17.4. The molecule has 58 heavy (non-hydrogen) atoms. The summed E-state index contributed by atoms with van der Waals surface area (Å²) in [6.07, 6.45) is 11.1. The second-order valence-corrected chi connectivity index (χ2v) is 19.8. The van der Waals surface area contributed by atoms with Crippen LogP contribution >= 0.6 is 0 Å². The lowest BCUT2D eigenvalue weighted by Gasteiger charge is -2.26. The molecule has 13 nitrogen and oxygen atoms in total. The molecule has 0 fully saturated rings. The molecule has 4 aromatic rings. The highest BCUT2D eigenvalue weighted by molar-refractivity contribution is 7.86. The van der Waals surface area contributed by atoms with E-state index in [9.17, 15) is 43.7 Å². The van der Waals surface area contributed by atoms with Crippen LogP contribution in [0.3, 0.4) is 0 Å². The third-order valence-corrected chi connectivity index (χ3v) is 13.7. The van der Waals surface area contributed by atoms with Gasteiger partial charge in [-0.3, -0.25) is 4.79 Å². The Bertz CT molecular complexity index is 2870. The minimum absolute atomic E-state index is 0.0122. The van der Waals surface area contributed by atoms with Crippen LogP contribution in [0, 0.1) is 6.92 Å². The van der Waals surface area contributed by atoms with Gasteiger partial charge in [0.15, 0.2) is 5.71 Å². The number of aryl methyl sites for hydroxylation is 1. The van der Waals surface area contributed by atoms with Crippen LogP contribution in [0.4, 0.5) is 11.4 Å². The van der Waals surface area contributed by atoms with Crippen molar-refractivity contribution in [3.8, 4) is 0 Å². The van der Waals surface area contributed by atoms with Gasteiger partial charge in [0.05, 0.1) is 20.1 Å². The Labute approximate surface area is 339 Å². The third-order valence-electron chi connectivity index (χ3n) is 11.2. The Morgan fingerprint density at radius 2 is 1.36 bits per heavy atom. The Hall–Kier alpha value is -4.71. The zero-order valence-electron chi connectivity index (χ0n) is 32.9. The maximum atomic E-state index is 12.4. The molecule has 0 saturated carbocycles. The van der Waals surface area contributed by atoms with Gasteiger partial charge in [0.2, 0.25) is 5.69 Å². The van der Waals surface area contributed by atoms with E-state index in [1.54, 1.807) is 13.0 Å². The molecule has 0 saturated heterocycles. The van der Waals surface area contributed by atoms with Crippen molar-refractivity contribution in [2.45, 2.75) is 92.7 Å². The monoisotopic (exact) mass is 848 g/mol. The van der Waals surface area contributed by atoms with Crippen molar-refractivity contribution in [3.63, 3.8) is 0 Å². The standard InChI is InChI=1S/C42H46N2O11S3/c1-7-43-33-19-17-29-26(2)22-27(56(47,48)49)23-31(29)39(33)41(3,4)36(43)14-10-8-11-15-37-42(5,6)40-32-24-28(57(50,51)52)25-35(58(53,54)55)30(32)18-20-34(40)44(37)21-13-9-12-16-38(45)46/h8,10-11,14-15,17-20,22-25H,7,9,12-13,16,21H2,1-6H3,(H3-,45,46,47,48,49,50,51,52,53,54,55)/p-2. The SMILES string of the molecule is CCN1C(=CC=CC=CC2=[N+](CCCCCC(=O)O)c3ccc4c(S(=O)(=O)[O-])cc(S(=O)(=O)[O-])cc4c3C2(C)C)C(C)(C)c2c1ccc1c(C)cc(S(=O)(=O)[O-])cc21. The number of carbonyl (C=O) groups is 1. The Morgan fingerprint density at radius 1 is 0.741 bits per heavy atom. The molecule has 0 bridgehead atoms. The average molecular weight is 849 g/mol. The minimum atomic E-state index is -5.19. The van der Waals surface area contributed by atoms with Crippen LogP contribution < -0.4 is 4.90 Å². The maximum absolute atomic E-state index is 12.4. The molecule has 4 aromatic carbocycles. The fourth-order valence-electron chi connectivity index (χ4n) is 8.65. The van der Waals surface area contributed by atoms with E-state index in [2.05, 4.69) is 4.90 Å². The molecule has 0 aromatic heterocycles. The predicted molar refractivity (Wildman–Crippen MR) is 218 cm³/mol. The topological polar surface area (TPSA) is 215 Å². The fourth-order valence-corrected chi connectivity index (χ4v) is 10.5. The van der Waals surface area contributed by atoms with Crippen molar-refractivity contribution < 1.29 is 53.4 Å². The highest BCUT2D eigenvalue weighted by Crippen LogP contribution is 2.51. The van der Waals surface area contributed by atoms with Gasteiger partial charge in [-0.25, -0.2) is 25.3 Å². The number of benzene rings is 4. The molecule has 0 atom stereocenters. The number of carboxylic acids is 1. The number of anilines is 1. The first-order valence-corrected chi connectivity index (χ1v) is 22.9. The molecule has 2 heterocycles. The van der Waals surface area contributed by atoms with Gasteiger partial charge in [0.25, 0.3) is 0 Å². The number of unbranched alkanes of at least 4 members (excludes halogenated alkanes) is 2. The second-order valence-electron chi connectivity index (χ2n) is 15.7. The van der Waals surface area contributed by atoms with Gasteiger partial charge in [-0.15, -0.1) is 0 Å². The average Bonchev–Trinajstić information content (AvgIpc) is 3.47. The molecular weight excluding hydrogens is 805 g/mol. The molecule has 1 N–H and O–H groups in total. The predicted octanol–water partition coefficient (Wildman–Crippen LogP) is 6.85. The number of hydrogen-bond acceptors (Lipinski definition) is 11. The quantitative estimate of drug-likeness (QED) is 0.0633. The van der Waals surface area contributed by atoms with Crippen molar-refractivity contribution in [1.82, 2.24) is 0 Å². The summed E-state index contributed by atoms with van der Waals surface area (Å²) in [5, 5.41) is 10.8. The number of aliphatic carboxylic acids is 1. The van der Waals surface area contributed by atoms with Gasteiger partial charge in [0.1, 0.15) is 36.9 Å². The summed E-state index contributed by atoms with van der Waals surface area (Å²) in [6, 6.07) is 11.6. The number of nitrogens with zero attached hydrogens (tertiary/aromatic N) is 2. The van der Waals surface area contributed by atoms with E-state index >= 15 is 0 Å². The molecule has 0 unspecified atom stereocenters. The molecule has 0 spiro atoms. The second kappa shape index (κ2) is 15.1. The molecule has 0 radical (unpaired) electrons. The van der Waals surface area contributed by atoms with E-state index in [0.29, 0.717) is 60.6 Å². The first-order valence-electron chi connectivity index (χ1n) is 18.7. The van der Waals surface area contributed by atoms with Crippen molar-refractivity contribution in [2.75, 3.05) is 18.0 Å². The first kappa shape index (κ1) is 42.9. The Balaban J connectivity index is 1.42. The van der Waals surface area contributed by atoms with Crippen LogP contribution in [0.25, 0.3) is 21.5 Å². The van der Waals surface area contributed by atoms with Crippen molar-refractivity contribution in [1.29, 1.82) is 0 Å². The van der Waals surface area contributed by atoms with Crippen molar-refractivity contribution in [3.05, 3.63) is 101 Å². The van der Waals surface area contributed by atoms with Crippen molar-refractivity contribution in [2.24, 2.45) is 0 Å². The Kier molecular flexibility index (Phi) is 11.2. The summed E-state index contributed by atoms with van der Waals surface area (Å²) in [5.74, 6) is -0.900. The lowest BCUT2D eigenvalue weighted by atomic mass is 9.79. The van der Waals surface area contributed by atoms with Gasteiger partial charge in [0, 0.05) is 59.3 Å². The molecule has 2 aliphatic rings. The molecule has 2 aliphatic heterocycles. The first-order chi connectivity index (χ1) is 26.9. The molecule has 0 aliphatic carbocycles. The highest BCUT2D eigenvalue weighted by Gasteiger charge is 2.46. The number of hydrogen-bond donors (Lipinski definition) is 1. The van der Waals surface area contributed by atoms with Gasteiger partial charge < -0.3 is 23.7 Å². The van der Waals surface area contributed by atoms with E-state index in [-0.39, 0.29) is 22.1 Å². The number of allylic oxidation sites excluding steroid dienone is 6. The zero-order valence-corrected chi connectivity index (χ0v) is 35.3. The number of carboxylic acid groups (broad SMARTS) is 1. The molecule has 16 heteroatoms. The third kappa shape index (κ3) is 7.76. The molecule has 6 rings (SSSR count). The van der Waals surface area contributed by atoms with Crippen LogP contribution in [0.1, 0.15) is 77.0 Å². The lowest BCUT2D eigenvalue weighted by Crippen LogP contribution is -2.28. The zero-order chi connectivity index (χ0) is 42.7. The smallest absolute Gasteiger partial charge is 0.303 e. The van der Waals surface area contributed by atoms with Crippen LogP contribution in [-0.2, 0) is 46.0 Å². The van der Waals surface area contributed by atoms with E-state index in [4.69, 9.17) is 5.11 Å². The summed E-state index contributed by atoms with van der Waals surface area (Å²) in [4.78, 5) is 11.4. The number of fused-ring (bicyclic) bond motifs is 6. The number of likely N-dealkylation sites (N-methyl/N-ethyl adjacent to an activating group) is 1. The van der Waals surface area contributed by atoms with Crippen molar-refractivity contribution >= 4 is 75.0 Å². The van der Waals surface area contributed by atoms with E-state index < -0.39 is 56.9 Å². The van der Waals surface area contributed by atoms with E-state index in [0.717, 1.165) is 34.1 Å². The molecule has 308 valence electrons. The summed E-state index contributed by atoms with van der Waals surface area (Å²) in [6.45, 7) is 12.7. The fraction of sp³-hybridized carbons (Fsp3) is 0.333. The highest BCUT2D eigenvalue weighted by atomic mass is 32.2.